The average molecular weight is 254 g/mol. The minimum absolute atomic E-state index is 0.0198. The van der Waals surface area contributed by atoms with E-state index in [1.807, 2.05) is 0 Å². The van der Waals surface area contributed by atoms with Crippen LogP contribution >= 0.6 is 0 Å². The standard InChI is InChI=1S/C15H30N2O/c1-11(2)14(3,4)10-15(5,6)17-13(18)12-8-7-9-16-12/h11-12,16H,7-10H2,1-6H3,(H,17,18). The van der Waals surface area contributed by atoms with Gasteiger partial charge in [-0.05, 0) is 51.0 Å². The average Bonchev–Trinajstić information content (AvgIpc) is 2.66. The minimum Gasteiger partial charge on any atom is -0.350 e. The van der Waals surface area contributed by atoms with Crippen molar-refractivity contribution in [2.45, 2.75) is 72.4 Å². The maximum atomic E-state index is 12.1. The summed E-state index contributed by atoms with van der Waals surface area (Å²) in [4.78, 5) is 12.1. The molecule has 1 aliphatic rings. The zero-order valence-corrected chi connectivity index (χ0v) is 12.9. The summed E-state index contributed by atoms with van der Waals surface area (Å²) < 4.78 is 0. The second-order valence-corrected chi connectivity index (χ2v) is 7.34. The summed E-state index contributed by atoms with van der Waals surface area (Å²) >= 11 is 0. The van der Waals surface area contributed by atoms with E-state index in [4.69, 9.17) is 0 Å². The summed E-state index contributed by atoms with van der Waals surface area (Å²) in [5.41, 5.74) is 0.0923. The van der Waals surface area contributed by atoms with Crippen molar-refractivity contribution in [2.24, 2.45) is 11.3 Å². The third-order valence-electron chi connectivity index (χ3n) is 4.30. The predicted molar refractivity (Wildman–Crippen MR) is 76.5 cm³/mol. The van der Waals surface area contributed by atoms with Crippen LogP contribution in [0, 0.1) is 11.3 Å². The highest BCUT2D eigenvalue weighted by Crippen LogP contribution is 2.35. The summed E-state index contributed by atoms with van der Waals surface area (Å²) in [6.45, 7) is 14.3. The molecular formula is C15H30N2O. The van der Waals surface area contributed by atoms with E-state index in [1.54, 1.807) is 0 Å². The molecule has 0 aromatic heterocycles. The van der Waals surface area contributed by atoms with E-state index in [1.165, 1.54) is 0 Å². The number of hydrogen-bond acceptors (Lipinski definition) is 2. The molecule has 2 N–H and O–H groups in total. The van der Waals surface area contributed by atoms with Crippen LogP contribution in [0.15, 0.2) is 0 Å². The van der Waals surface area contributed by atoms with Gasteiger partial charge in [-0.25, -0.2) is 0 Å². The van der Waals surface area contributed by atoms with Gasteiger partial charge in [0.25, 0.3) is 0 Å². The van der Waals surface area contributed by atoms with Gasteiger partial charge in [0.05, 0.1) is 6.04 Å². The lowest BCUT2D eigenvalue weighted by atomic mass is 9.72. The van der Waals surface area contributed by atoms with Crippen molar-refractivity contribution in [1.29, 1.82) is 0 Å². The van der Waals surface area contributed by atoms with E-state index in [9.17, 15) is 4.79 Å². The van der Waals surface area contributed by atoms with E-state index in [2.05, 4.69) is 52.2 Å². The molecule has 1 amide bonds. The molecule has 1 saturated heterocycles. The topological polar surface area (TPSA) is 41.1 Å². The maximum absolute atomic E-state index is 12.1. The van der Waals surface area contributed by atoms with Crippen LogP contribution in [0.4, 0.5) is 0 Å². The van der Waals surface area contributed by atoms with Gasteiger partial charge < -0.3 is 10.6 Å². The van der Waals surface area contributed by atoms with Crippen LogP contribution in [-0.2, 0) is 4.79 Å². The molecule has 18 heavy (non-hydrogen) atoms. The first-order valence-electron chi connectivity index (χ1n) is 7.19. The van der Waals surface area contributed by atoms with E-state index in [0.717, 1.165) is 25.8 Å². The molecule has 1 rings (SSSR count). The van der Waals surface area contributed by atoms with E-state index in [0.29, 0.717) is 5.92 Å². The smallest absolute Gasteiger partial charge is 0.237 e. The first kappa shape index (κ1) is 15.5. The Bertz CT molecular complexity index is 289. The fourth-order valence-corrected chi connectivity index (χ4v) is 2.72. The van der Waals surface area contributed by atoms with Gasteiger partial charge in [0, 0.05) is 5.54 Å². The molecule has 0 aromatic carbocycles. The molecular weight excluding hydrogens is 224 g/mol. The molecule has 1 atom stereocenters. The zero-order chi connectivity index (χ0) is 14.0. The van der Waals surface area contributed by atoms with Crippen molar-refractivity contribution in [3.63, 3.8) is 0 Å². The van der Waals surface area contributed by atoms with Crippen molar-refractivity contribution in [3.05, 3.63) is 0 Å². The van der Waals surface area contributed by atoms with Crippen molar-refractivity contribution < 1.29 is 4.79 Å². The molecule has 0 radical (unpaired) electrons. The second kappa shape index (κ2) is 5.60. The number of amides is 1. The highest BCUT2D eigenvalue weighted by atomic mass is 16.2. The van der Waals surface area contributed by atoms with Crippen LogP contribution in [0.2, 0.25) is 0 Å². The summed E-state index contributed by atoms with van der Waals surface area (Å²) in [6, 6.07) is 0.0198. The number of carbonyl (C=O) groups is 1. The van der Waals surface area contributed by atoms with Gasteiger partial charge in [0.2, 0.25) is 5.91 Å². The van der Waals surface area contributed by atoms with Crippen molar-refractivity contribution in [2.75, 3.05) is 6.54 Å². The highest BCUT2D eigenvalue weighted by Gasteiger charge is 2.34. The van der Waals surface area contributed by atoms with Crippen LogP contribution in [0.3, 0.4) is 0 Å². The molecule has 1 heterocycles. The van der Waals surface area contributed by atoms with Gasteiger partial charge in [0.15, 0.2) is 0 Å². The van der Waals surface area contributed by atoms with Crippen LogP contribution in [0.25, 0.3) is 0 Å². The number of rotatable bonds is 5. The quantitative estimate of drug-likeness (QED) is 0.792. The van der Waals surface area contributed by atoms with Gasteiger partial charge in [0.1, 0.15) is 0 Å². The van der Waals surface area contributed by atoms with E-state index < -0.39 is 0 Å². The van der Waals surface area contributed by atoms with Crippen molar-refractivity contribution >= 4 is 5.91 Å². The summed E-state index contributed by atoms with van der Waals surface area (Å²) in [6.07, 6.45) is 3.07. The second-order valence-electron chi connectivity index (χ2n) is 7.34. The van der Waals surface area contributed by atoms with Gasteiger partial charge in [-0.1, -0.05) is 27.7 Å². The molecule has 106 valence electrons. The summed E-state index contributed by atoms with van der Waals surface area (Å²) in [5.74, 6) is 0.773. The third-order valence-corrected chi connectivity index (χ3v) is 4.30. The first-order chi connectivity index (χ1) is 8.14. The fraction of sp³-hybridized carbons (Fsp3) is 0.933. The SMILES string of the molecule is CC(C)C(C)(C)CC(C)(C)NC(=O)C1CCCN1. The zero-order valence-electron chi connectivity index (χ0n) is 12.9. The largest absolute Gasteiger partial charge is 0.350 e. The highest BCUT2D eigenvalue weighted by molar-refractivity contribution is 5.82. The lowest BCUT2D eigenvalue weighted by molar-refractivity contribution is -0.124. The normalized spacial score (nSPS) is 21.4. The lowest BCUT2D eigenvalue weighted by Crippen LogP contribution is -2.52. The van der Waals surface area contributed by atoms with Gasteiger partial charge in [-0.3, -0.25) is 4.79 Å². The predicted octanol–water partition coefficient (Wildman–Crippen LogP) is 2.71. The molecule has 1 aliphatic heterocycles. The Kier molecular flexibility index (Phi) is 4.82. The fourth-order valence-electron chi connectivity index (χ4n) is 2.72. The Labute approximate surface area is 112 Å². The molecule has 1 unspecified atom stereocenters. The van der Waals surface area contributed by atoms with Crippen LogP contribution < -0.4 is 10.6 Å². The molecule has 0 aromatic rings. The lowest BCUT2D eigenvalue weighted by Gasteiger charge is -2.38. The van der Waals surface area contributed by atoms with E-state index >= 15 is 0 Å². The molecule has 0 aliphatic carbocycles. The van der Waals surface area contributed by atoms with Crippen LogP contribution in [0.1, 0.15) is 60.8 Å². The van der Waals surface area contributed by atoms with Crippen molar-refractivity contribution in [3.8, 4) is 0 Å². The first-order valence-corrected chi connectivity index (χ1v) is 7.19. The molecule has 3 heteroatoms. The third kappa shape index (κ3) is 4.27. The molecule has 3 nitrogen and oxygen atoms in total. The Morgan fingerprint density at radius 3 is 2.39 bits per heavy atom. The minimum atomic E-state index is -0.144. The van der Waals surface area contributed by atoms with Crippen LogP contribution in [-0.4, -0.2) is 24.0 Å². The number of nitrogens with one attached hydrogen (secondary N) is 2. The number of carbonyl (C=O) groups excluding carboxylic acids is 1. The molecule has 0 spiro atoms. The van der Waals surface area contributed by atoms with Crippen molar-refractivity contribution in [1.82, 2.24) is 10.6 Å². The summed E-state index contributed by atoms with van der Waals surface area (Å²) in [5, 5.41) is 6.46. The monoisotopic (exact) mass is 254 g/mol. The Balaban J connectivity index is 2.55. The van der Waals surface area contributed by atoms with E-state index in [-0.39, 0.29) is 22.9 Å². The van der Waals surface area contributed by atoms with Gasteiger partial charge >= 0.3 is 0 Å². The Morgan fingerprint density at radius 2 is 1.94 bits per heavy atom. The Morgan fingerprint density at radius 1 is 1.33 bits per heavy atom. The maximum Gasteiger partial charge on any atom is 0.237 e. The van der Waals surface area contributed by atoms with Gasteiger partial charge in [-0.2, -0.15) is 0 Å². The molecule has 0 saturated carbocycles. The van der Waals surface area contributed by atoms with Crippen LogP contribution in [0.5, 0.6) is 0 Å². The number of hydrogen-bond donors (Lipinski definition) is 2. The van der Waals surface area contributed by atoms with Gasteiger partial charge in [-0.15, -0.1) is 0 Å². The molecule has 0 bridgehead atoms. The Hall–Kier alpha value is -0.570. The summed E-state index contributed by atoms with van der Waals surface area (Å²) in [7, 11) is 0. The molecule has 1 fully saturated rings.